The summed E-state index contributed by atoms with van der Waals surface area (Å²) in [6.45, 7) is 2.25. The molecule has 4 aromatic rings. The van der Waals surface area contributed by atoms with Gasteiger partial charge in [-0.05, 0) is 36.6 Å². The molecule has 0 radical (unpaired) electrons. The van der Waals surface area contributed by atoms with Crippen molar-refractivity contribution in [2.45, 2.75) is 32.5 Å². The van der Waals surface area contributed by atoms with E-state index in [0.717, 1.165) is 23.1 Å². The van der Waals surface area contributed by atoms with Gasteiger partial charge in [-0.1, -0.05) is 30.3 Å². The first-order valence-electron chi connectivity index (χ1n) is 10.3. The summed E-state index contributed by atoms with van der Waals surface area (Å²) in [7, 11) is 1.60. The average molecular weight is 454 g/mol. The molecular weight excluding hydrogens is 430 g/mol. The number of nitrogens with zero attached hydrogens (tertiary/aromatic N) is 3. The fourth-order valence-electron chi connectivity index (χ4n) is 3.31. The molecule has 0 fully saturated rings. The average Bonchev–Trinajstić information content (AvgIpc) is 3.49. The molecule has 0 N–H and O–H groups in total. The van der Waals surface area contributed by atoms with Crippen molar-refractivity contribution < 1.29 is 18.3 Å². The van der Waals surface area contributed by atoms with Crippen LogP contribution in [0, 0.1) is 6.92 Å². The number of benzene rings is 2. The standard InChI is InChI=1S/C24H24ClN3O4/c1-16-26-14-22(31-16)19-11-10-18(13-21(19)29-2)23-27-28-24(32-23)20(9-6-12-25)30-15-17-7-4-3-5-8-17/h3-5,7-8,10-11,13-14,20H,6,9,12,15H2,1-2H3. The summed E-state index contributed by atoms with van der Waals surface area (Å²) in [5, 5.41) is 8.47. The number of ether oxygens (including phenoxy) is 2. The lowest BCUT2D eigenvalue weighted by atomic mass is 10.1. The Morgan fingerprint density at radius 3 is 2.62 bits per heavy atom. The van der Waals surface area contributed by atoms with Gasteiger partial charge < -0.3 is 18.3 Å². The zero-order valence-corrected chi connectivity index (χ0v) is 18.7. The summed E-state index contributed by atoms with van der Waals surface area (Å²) in [5.74, 6) is 3.19. The number of halogens is 1. The topological polar surface area (TPSA) is 83.4 Å². The molecule has 32 heavy (non-hydrogen) atoms. The molecule has 1 atom stereocenters. The van der Waals surface area contributed by atoms with Crippen molar-refractivity contribution in [1.82, 2.24) is 15.2 Å². The first kappa shape index (κ1) is 22.0. The minimum Gasteiger partial charge on any atom is -0.496 e. The number of rotatable bonds is 10. The maximum atomic E-state index is 6.09. The van der Waals surface area contributed by atoms with Gasteiger partial charge in [0, 0.05) is 18.4 Å². The third-order valence-corrected chi connectivity index (χ3v) is 5.21. The molecule has 2 aromatic carbocycles. The van der Waals surface area contributed by atoms with E-state index in [-0.39, 0.29) is 6.10 Å². The molecule has 4 rings (SSSR count). The smallest absolute Gasteiger partial charge is 0.248 e. The number of hydrogen-bond acceptors (Lipinski definition) is 7. The summed E-state index contributed by atoms with van der Waals surface area (Å²) in [6, 6.07) is 15.6. The fourth-order valence-corrected chi connectivity index (χ4v) is 3.46. The largest absolute Gasteiger partial charge is 0.496 e. The van der Waals surface area contributed by atoms with Gasteiger partial charge in [-0.15, -0.1) is 21.8 Å². The molecule has 0 saturated carbocycles. The van der Waals surface area contributed by atoms with Gasteiger partial charge in [-0.25, -0.2) is 4.98 Å². The molecule has 0 aliphatic heterocycles. The SMILES string of the molecule is COc1cc(-c2nnc(C(CCCCl)OCc3ccccc3)o2)ccc1-c1cnc(C)o1. The molecule has 0 spiro atoms. The van der Waals surface area contributed by atoms with Crippen LogP contribution in [0.1, 0.15) is 36.3 Å². The van der Waals surface area contributed by atoms with Gasteiger partial charge in [0.1, 0.15) is 11.9 Å². The summed E-state index contributed by atoms with van der Waals surface area (Å²) < 4.78 is 23.2. The molecule has 2 heterocycles. The van der Waals surface area contributed by atoms with Crippen LogP contribution in [-0.2, 0) is 11.3 Å². The molecule has 0 bridgehead atoms. The third-order valence-electron chi connectivity index (χ3n) is 4.95. The molecule has 0 aliphatic rings. The molecule has 1 unspecified atom stereocenters. The van der Waals surface area contributed by atoms with Crippen molar-refractivity contribution in [2.24, 2.45) is 0 Å². The van der Waals surface area contributed by atoms with Crippen LogP contribution in [-0.4, -0.2) is 28.2 Å². The van der Waals surface area contributed by atoms with Gasteiger partial charge in [0.05, 0.1) is 25.5 Å². The van der Waals surface area contributed by atoms with Crippen LogP contribution in [0.15, 0.2) is 63.6 Å². The molecule has 7 nitrogen and oxygen atoms in total. The Bertz CT molecular complexity index is 1140. The van der Waals surface area contributed by atoms with Crippen molar-refractivity contribution in [3.05, 3.63) is 72.1 Å². The summed E-state index contributed by atoms with van der Waals surface area (Å²) in [4.78, 5) is 4.15. The Morgan fingerprint density at radius 2 is 1.91 bits per heavy atom. The molecule has 166 valence electrons. The second-order valence-corrected chi connectivity index (χ2v) is 7.60. The molecule has 2 aromatic heterocycles. The van der Waals surface area contributed by atoms with Gasteiger partial charge in [0.25, 0.3) is 0 Å². The van der Waals surface area contributed by atoms with Crippen LogP contribution in [0.4, 0.5) is 0 Å². The summed E-state index contributed by atoms with van der Waals surface area (Å²) in [6.07, 6.45) is 2.79. The number of alkyl halides is 1. The zero-order chi connectivity index (χ0) is 22.3. The van der Waals surface area contributed by atoms with Gasteiger partial charge in [-0.3, -0.25) is 0 Å². The Balaban J connectivity index is 1.55. The number of oxazole rings is 1. The van der Waals surface area contributed by atoms with Gasteiger partial charge in [0.2, 0.25) is 11.8 Å². The lowest BCUT2D eigenvalue weighted by Gasteiger charge is -2.14. The normalized spacial score (nSPS) is 12.1. The molecule has 0 aliphatic carbocycles. The predicted molar refractivity (Wildman–Crippen MR) is 120 cm³/mol. The summed E-state index contributed by atoms with van der Waals surface area (Å²) in [5.41, 5.74) is 2.61. The molecule has 8 heteroatoms. The molecule has 0 amide bonds. The maximum absolute atomic E-state index is 6.09. The van der Waals surface area contributed by atoms with Gasteiger partial charge in [-0.2, -0.15) is 0 Å². The van der Waals surface area contributed by atoms with E-state index in [1.807, 2.05) is 48.5 Å². The van der Waals surface area contributed by atoms with Crippen LogP contribution < -0.4 is 4.74 Å². The van der Waals surface area contributed by atoms with E-state index < -0.39 is 0 Å². The monoisotopic (exact) mass is 453 g/mol. The van der Waals surface area contributed by atoms with Crippen molar-refractivity contribution in [1.29, 1.82) is 0 Å². The van der Waals surface area contributed by atoms with Crippen LogP contribution in [0.5, 0.6) is 5.75 Å². The molecule has 0 saturated heterocycles. The highest BCUT2D eigenvalue weighted by Crippen LogP contribution is 2.35. The number of aryl methyl sites for hydroxylation is 1. The Morgan fingerprint density at radius 1 is 1.06 bits per heavy atom. The Hall–Kier alpha value is -3.16. The van der Waals surface area contributed by atoms with Crippen LogP contribution in [0.25, 0.3) is 22.8 Å². The predicted octanol–water partition coefficient (Wildman–Crippen LogP) is 5.99. The number of methoxy groups -OCH3 is 1. The van der Waals surface area contributed by atoms with E-state index in [4.69, 9.17) is 29.9 Å². The van der Waals surface area contributed by atoms with Gasteiger partial charge in [0.15, 0.2) is 11.7 Å². The maximum Gasteiger partial charge on any atom is 0.248 e. The van der Waals surface area contributed by atoms with E-state index in [0.29, 0.717) is 48.1 Å². The van der Waals surface area contributed by atoms with Gasteiger partial charge >= 0.3 is 0 Å². The van der Waals surface area contributed by atoms with Crippen molar-refractivity contribution in [2.75, 3.05) is 13.0 Å². The summed E-state index contributed by atoms with van der Waals surface area (Å²) >= 11 is 5.90. The second kappa shape index (κ2) is 10.4. The van der Waals surface area contributed by atoms with E-state index >= 15 is 0 Å². The van der Waals surface area contributed by atoms with Crippen LogP contribution in [0.3, 0.4) is 0 Å². The van der Waals surface area contributed by atoms with E-state index in [1.54, 1.807) is 20.2 Å². The van der Waals surface area contributed by atoms with Crippen LogP contribution in [0.2, 0.25) is 0 Å². The lowest BCUT2D eigenvalue weighted by Crippen LogP contribution is -2.06. The quantitative estimate of drug-likeness (QED) is 0.273. The highest BCUT2D eigenvalue weighted by atomic mass is 35.5. The fraction of sp³-hybridized carbons (Fsp3) is 0.292. The number of hydrogen-bond donors (Lipinski definition) is 0. The lowest BCUT2D eigenvalue weighted by molar-refractivity contribution is 0.0161. The zero-order valence-electron chi connectivity index (χ0n) is 18.0. The Kier molecular flexibility index (Phi) is 7.19. The third kappa shape index (κ3) is 5.18. The highest BCUT2D eigenvalue weighted by Gasteiger charge is 2.21. The first-order valence-corrected chi connectivity index (χ1v) is 10.9. The van der Waals surface area contributed by atoms with Crippen LogP contribution >= 0.6 is 11.6 Å². The van der Waals surface area contributed by atoms with E-state index in [1.165, 1.54) is 0 Å². The minimum atomic E-state index is -0.339. The van der Waals surface area contributed by atoms with Crippen molar-refractivity contribution in [3.8, 4) is 28.5 Å². The van der Waals surface area contributed by atoms with E-state index in [9.17, 15) is 0 Å². The second-order valence-electron chi connectivity index (χ2n) is 7.22. The Labute approximate surface area is 191 Å². The molecular formula is C24H24ClN3O4. The first-order chi connectivity index (χ1) is 15.7. The van der Waals surface area contributed by atoms with E-state index in [2.05, 4.69) is 15.2 Å². The van der Waals surface area contributed by atoms with Crippen molar-refractivity contribution in [3.63, 3.8) is 0 Å². The van der Waals surface area contributed by atoms with Crippen molar-refractivity contribution >= 4 is 11.6 Å². The highest BCUT2D eigenvalue weighted by molar-refractivity contribution is 6.17. The minimum absolute atomic E-state index is 0.339. The number of aromatic nitrogens is 3.